The molecule has 0 spiro atoms. The predicted octanol–water partition coefficient (Wildman–Crippen LogP) is 4.23. The van der Waals surface area contributed by atoms with Gasteiger partial charge in [0.05, 0.1) is 0 Å². The summed E-state index contributed by atoms with van der Waals surface area (Å²) in [5.74, 6) is 0.930. The zero-order valence-corrected chi connectivity index (χ0v) is 16.5. The van der Waals surface area contributed by atoms with Gasteiger partial charge in [-0.15, -0.1) is 0 Å². The maximum atomic E-state index is 12.8. The molecule has 0 radical (unpaired) electrons. The Kier molecular flexibility index (Phi) is 5.33. The predicted molar refractivity (Wildman–Crippen MR) is 115 cm³/mol. The van der Waals surface area contributed by atoms with Gasteiger partial charge in [-0.3, -0.25) is 4.79 Å². The summed E-state index contributed by atoms with van der Waals surface area (Å²) < 4.78 is 0. The molecule has 5 nitrogen and oxygen atoms in total. The Balaban J connectivity index is 1.52. The third kappa shape index (κ3) is 3.88. The highest BCUT2D eigenvalue weighted by Crippen LogP contribution is 2.26. The van der Waals surface area contributed by atoms with Crippen LogP contribution < -0.4 is 0 Å². The Morgan fingerprint density at radius 2 is 1.79 bits per heavy atom. The number of carbonyl (C=O) groups is 1. The van der Waals surface area contributed by atoms with E-state index in [4.69, 9.17) is 0 Å². The van der Waals surface area contributed by atoms with E-state index in [1.807, 2.05) is 18.2 Å². The molecule has 1 fully saturated rings. The molecule has 3 aliphatic heterocycles. The van der Waals surface area contributed by atoms with Crippen LogP contribution in [0.2, 0.25) is 0 Å². The molecule has 0 aromatic heterocycles. The van der Waals surface area contributed by atoms with Gasteiger partial charge in [0, 0.05) is 19.3 Å². The molecule has 5 heteroatoms. The average molecular weight is 374 g/mol. The number of likely N-dealkylation sites (tertiary alicyclic amines) is 1. The molecule has 1 aromatic carbocycles. The van der Waals surface area contributed by atoms with Gasteiger partial charge in [0.25, 0.3) is 5.91 Å². The number of guanidine groups is 1. The van der Waals surface area contributed by atoms with Crippen LogP contribution in [-0.4, -0.2) is 41.9 Å². The van der Waals surface area contributed by atoms with Crippen LogP contribution in [0.4, 0.5) is 0 Å². The second-order valence-corrected chi connectivity index (χ2v) is 7.80. The van der Waals surface area contributed by atoms with Crippen molar-refractivity contribution in [1.29, 1.82) is 0 Å². The van der Waals surface area contributed by atoms with Gasteiger partial charge in [0.2, 0.25) is 5.96 Å². The largest absolute Gasteiger partial charge is 0.341 e. The highest BCUT2D eigenvalue weighted by atomic mass is 16.1. The number of allylic oxidation sites excluding steroid dienone is 2. The SMILES string of the molecule is CC(C)c1ccc(/C=C/C2=CC=NC3=NC(N4CCCCC4)=NC(=O)C23)cc1. The van der Waals surface area contributed by atoms with Crippen molar-refractivity contribution in [3.05, 3.63) is 53.1 Å². The fourth-order valence-corrected chi connectivity index (χ4v) is 3.73. The molecular weight excluding hydrogens is 348 g/mol. The average Bonchev–Trinajstić information content (AvgIpc) is 2.73. The third-order valence-corrected chi connectivity index (χ3v) is 5.45. The van der Waals surface area contributed by atoms with Gasteiger partial charge in [-0.2, -0.15) is 9.98 Å². The van der Waals surface area contributed by atoms with Gasteiger partial charge < -0.3 is 4.90 Å². The Morgan fingerprint density at radius 1 is 1.04 bits per heavy atom. The lowest BCUT2D eigenvalue weighted by molar-refractivity contribution is -0.118. The quantitative estimate of drug-likeness (QED) is 0.795. The van der Waals surface area contributed by atoms with Gasteiger partial charge in [0.15, 0.2) is 0 Å². The smallest absolute Gasteiger partial charge is 0.264 e. The van der Waals surface area contributed by atoms with Gasteiger partial charge in [-0.25, -0.2) is 4.99 Å². The number of dihydropyridines is 1. The van der Waals surface area contributed by atoms with E-state index in [-0.39, 0.29) is 5.91 Å². The Hall–Kier alpha value is -2.82. The number of amides is 1. The van der Waals surface area contributed by atoms with Crippen LogP contribution in [0.3, 0.4) is 0 Å². The van der Waals surface area contributed by atoms with Crippen molar-refractivity contribution in [3.8, 4) is 0 Å². The molecule has 0 N–H and O–H groups in total. The lowest BCUT2D eigenvalue weighted by Gasteiger charge is -2.30. The number of piperidine rings is 1. The minimum absolute atomic E-state index is 0.173. The minimum atomic E-state index is -0.496. The molecule has 1 saturated heterocycles. The fourth-order valence-electron chi connectivity index (χ4n) is 3.73. The third-order valence-electron chi connectivity index (χ3n) is 5.45. The molecule has 4 rings (SSSR count). The summed E-state index contributed by atoms with van der Waals surface area (Å²) in [4.78, 5) is 28.2. The summed E-state index contributed by atoms with van der Waals surface area (Å²) in [7, 11) is 0. The molecular formula is C23H26N4O. The van der Waals surface area contributed by atoms with Gasteiger partial charge >= 0.3 is 0 Å². The number of rotatable bonds is 3. The van der Waals surface area contributed by atoms with E-state index < -0.39 is 5.92 Å². The molecule has 1 unspecified atom stereocenters. The fraction of sp³-hybridized carbons (Fsp3) is 0.391. The zero-order chi connectivity index (χ0) is 19.5. The molecule has 0 saturated carbocycles. The number of hydrogen-bond donors (Lipinski definition) is 0. The van der Waals surface area contributed by atoms with Crippen molar-refractivity contribution in [1.82, 2.24) is 4.90 Å². The Morgan fingerprint density at radius 3 is 2.50 bits per heavy atom. The summed E-state index contributed by atoms with van der Waals surface area (Å²) in [6, 6.07) is 8.50. The minimum Gasteiger partial charge on any atom is -0.341 e. The first kappa shape index (κ1) is 18.5. The molecule has 3 heterocycles. The molecule has 0 bridgehead atoms. The van der Waals surface area contributed by atoms with E-state index >= 15 is 0 Å². The lowest BCUT2D eigenvalue weighted by atomic mass is 9.93. The number of amidine groups is 1. The number of nitrogens with zero attached hydrogens (tertiary/aromatic N) is 4. The number of benzene rings is 1. The number of aliphatic imine (C=N–C) groups is 3. The van der Waals surface area contributed by atoms with Crippen molar-refractivity contribution in [3.63, 3.8) is 0 Å². The van der Waals surface area contributed by atoms with Crippen molar-refractivity contribution in [2.24, 2.45) is 20.9 Å². The van der Waals surface area contributed by atoms with E-state index in [1.54, 1.807) is 6.21 Å². The topological polar surface area (TPSA) is 57.4 Å². The van der Waals surface area contributed by atoms with Crippen LogP contribution in [0.15, 0.2) is 57.0 Å². The summed E-state index contributed by atoms with van der Waals surface area (Å²) in [6.07, 6.45) is 11.1. The van der Waals surface area contributed by atoms with E-state index in [0.717, 1.165) is 37.1 Å². The van der Waals surface area contributed by atoms with E-state index in [9.17, 15) is 4.79 Å². The highest BCUT2D eigenvalue weighted by molar-refractivity contribution is 6.20. The van der Waals surface area contributed by atoms with Crippen molar-refractivity contribution in [2.75, 3.05) is 13.1 Å². The second kappa shape index (κ2) is 8.05. The van der Waals surface area contributed by atoms with E-state index in [2.05, 4.69) is 58.0 Å². The van der Waals surface area contributed by atoms with Gasteiger partial charge in [-0.05, 0) is 48.0 Å². The summed E-state index contributed by atoms with van der Waals surface area (Å²) >= 11 is 0. The molecule has 3 aliphatic rings. The first-order valence-corrected chi connectivity index (χ1v) is 10.1. The zero-order valence-electron chi connectivity index (χ0n) is 16.5. The van der Waals surface area contributed by atoms with Crippen LogP contribution in [0.1, 0.15) is 50.2 Å². The van der Waals surface area contributed by atoms with Crippen LogP contribution in [0, 0.1) is 5.92 Å². The summed E-state index contributed by atoms with van der Waals surface area (Å²) in [6.45, 7) is 6.19. The summed E-state index contributed by atoms with van der Waals surface area (Å²) in [5.41, 5.74) is 3.30. The van der Waals surface area contributed by atoms with E-state index in [1.165, 1.54) is 12.0 Å². The van der Waals surface area contributed by atoms with Gasteiger partial charge in [0.1, 0.15) is 11.8 Å². The lowest BCUT2D eigenvalue weighted by Crippen LogP contribution is -2.40. The maximum absolute atomic E-state index is 12.8. The van der Waals surface area contributed by atoms with Crippen molar-refractivity contribution in [2.45, 2.75) is 39.0 Å². The number of hydrogen-bond acceptors (Lipinski definition) is 4. The number of fused-ring (bicyclic) bond motifs is 1. The molecule has 0 aliphatic carbocycles. The normalized spacial score (nSPS) is 22.2. The van der Waals surface area contributed by atoms with Crippen LogP contribution in [-0.2, 0) is 4.79 Å². The monoisotopic (exact) mass is 374 g/mol. The molecule has 144 valence electrons. The van der Waals surface area contributed by atoms with Gasteiger partial charge in [-0.1, -0.05) is 50.3 Å². The second-order valence-electron chi connectivity index (χ2n) is 7.80. The summed E-state index contributed by atoms with van der Waals surface area (Å²) in [5, 5.41) is 0. The number of carbonyl (C=O) groups excluding carboxylic acids is 1. The molecule has 1 aromatic rings. The first-order chi connectivity index (χ1) is 13.6. The van der Waals surface area contributed by atoms with E-state index in [0.29, 0.717) is 17.7 Å². The molecule has 28 heavy (non-hydrogen) atoms. The standard InChI is InChI=1S/C23H26N4O/c1-16(2)18-9-6-17(7-10-18)8-11-19-12-13-24-21-20(19)22(28)26-23(25-21)27-14-4-3-5-15-27/h6-13,16,20H,3-5,14-15H2,1-2H3/b11-8+. The maximum Gasteiger partial charge on any atom is 0.264 e. The van der Waals surface area contributed by atoms with Crippen LogP contribution >= 0.6 is 0 Å². The molecule has 1 atom stereocenters. The molecule has 1 amide bonds. The Labute approximate surface area is 166 Å². The van der Waals surface area contributed by atoms with Crippen LogP contribution in [0.25, 0.3) is 6.08 Å². The van der Waals surface area contributed by atoms with Crippen molar-refractivity contribution < 1.29 is 4.79 Å². The van der Waals surface area contributed by atoms with Crippen molar-refractivity contribution >= 4 is 30.0 Å². The van der Waals surface area contributed by atoms with Crippen LogP contribution in [0.5, 0.6) is 0 Å². The Bertz CT molecular complexity index is 897. The first-order valence-electron chi connectivity index (χ1n) is 10.1. The highest BCUT2D eigenvalue weighted by Gasteiger charge is 2.34.